The first-order chi connectivity index (χ1) is 22.0. The number of aliphatic carboxylic acids is 1. The third-order valence-corrected chi connectivity index (χ3v) is 9.36. The highest BCUT2D eigenvalue weighted by atomic mass is 32.2. The van der Waals surface area contributed by atoms with Gasteiger partial charge in [0.2, 0.25) is 10.0 Å². The zero-order valence-electron chi connectivity index (χ0n) is 27.2. The molecule has 0 fully saturated rings. The average molecular weight is 668 g/mol. The summed E-state index contributed by atoms with van der Waals surface area (Å²) in [4.78, 5) is 35.7. The van der Waals surface area contributed by atoms with Crippen LogP contribution in [0.15, 0.2) is 71.2 Å². The summed E-state index contributed by atoms with van der Waals surface area (Å²) in [5.74, 6) is -2.48. The van der Waals surface area contributed by atoms with Crippen molar-refractivity contribution < 1.29 is 41.8 Å². The summed E-state index contributed by atoms with van der Waals surface area (Å²) in [6, 6.07) is 12.9. The van der Waals surface area contributed by atoms with Gasteiger partial charge in [0.05, 0.1) is 11.9 Å². The number of amides is 2. The number of carbonyl (C=O) groups excluding carboxylic acids is 2. The second-order valence-electron chi connectivity index (χ2n) is 12.6. The summed E-state index contributed by atoms with van der Waals surface area (Å²) in [7, 11) is -4.53. The quantitative estimate of drug-likeness (QED) is 0.191. The molecule has 252 valence electrons. The minimum Gasteiger partial charge on any atom is -0.491 e. The van der Waals surface area contributed by atoms with E-state index < -0.39 is 50.4 Å². The van der Waals surface area contributed by atoms with Gasteiger partial charge in [0.25, 0.3) is 5.91 Å². The summed E-state index contributed by atoms with van der Waals surface area (Å²) < 4.78 is 47.3. The number of carboxylic acids is 1. The van der Waals surface area contributed by atoms with Gasteiger partial charge in [-0.3, -0.25) is 9.59 Å². The summed E-state index contributed by atoms with van der Waals surface area (Å²) in [5.41, 5.74) is 1.68. The van der Waals surface area contributed by atoms with Gasteiger partial charge in [-0.25, -0.2) is 13.2 Å². The number of sulfonamides is 1. The number of hydrogen-bond donors (Lipinski definition) is 4. The summed E-state index contributed by atoms with van der Waals surface area (Å²) in [6.07, 6.45) is 3.87. The van der Waals surface area contributed by atoms with Crippen molar-refractivity contribution in [3.8, 4) is 5.75 Å². The molecule has 0 saturated carbocycles. The molecule has 13 heteroatoms. The predicted octanol–water partition coefficient (Wildman–Crippen LogP) is 5.14. The van der Waals surface area contributed by atoms with Crippen molar-refractivity contribution in [1.82, 2.24) is 15.4 Å². The van der Waals surface area contributed by atoms with Crippen molar-refractivity contribution in [2.75, 3.05) is 13.2 Å². The Kier molecular flexibility index (Phi) is 10.5. The number of carbonyl (C=O) groups is 3. The van der Waals surface area contributed by atoms with Crippen LogP contribution in [0.3, 0.4) is 0 Å². The van der Waals surface area contributed by atoms with E-state index in [1.54, 1.807) is 71.9 Å². The van der Waals surface area contributed by atoms with Gasteiger partial charge in [0.15, 0.2) is 10.6 Å². The van der Waals surface area contributed by atoms with Gasteiger partial charge in [-0.05, 0) is 63.0 Å². The Morgan fingerprint density at radius 2 is 1.77 bits per heavy atom. The van der Waals surface area contributed by atoms with E-state index in [-0.39, 0.29) is 25.3 Å². The first kappa shape index (κ1) is 35.2. The number of hydrogen-bond acceptors (Lipinski definition) is 8. The molecule has 2 amide bonds. The van der Waals surface area contributed by atoms with Crippen molar-refractivity contribution in [2.24, 2.45) is 5.92 Å². The lowest BCUT2D eigenvalue weighted by Crippen LogP contribution is -2.60. The molecule has 2 aromatic carbocycles. The molecule has 1 aliphatic carbocycles. The van der Waals surface area contributed by atoms with E-state index in [4.69, 9.17) is 13.9 Å². The summed E-state index contributed by atoms with van der Waals surface area (Å²) in [6.45, 7) is 10.3. The molecule has 1 unspecified atom stereocenters. The molecule has 47 heavy (non-hydrogen) atoms. The number of ether oxygens (including phenoxy) is 2. The Bertz CT molecular complexity index is 1800. The third-order valence-electron chi connectivity index (χ3n) is 7.43. The SMILES string of the molecule is Cc1c(C(=O)NC2(S(=O)(=O)N[C@H](C(=O)O)C(C)C)C=CC(c3ccccc3)=CC2)oc2cccc(OCCNC(=O)OC(C)(C)C)c12. The van der Waals surface area contributed by atoms with Crippen LogP contribution in [0.5, 0.6) is 5.75 Å². The molecule has 0 saturated heterocycles. The lowest BCUT2D eigenvalue weighted by Gasteiger charge is -2.34. The Hall–Kier alpha value is -4.62. The lowest BCUT2D eigenvalue weighted by molar-refractivity contribution is -0.140. The van der Waals surface area contributed by atoms with E-state index in [9.17, 15) is 27.9 Å². The van der Waals surface area contributed by atoms with Crippen molar-refractivity contribution in [2.45, 2.75) is 64.5 Å². The van der Waals surface area contributed by atoms with Crippen LogP contribution in [0.25, 0.3) is 16.5 Å². The number of carboxylic acid groups (broad SMARTS) is 1. The van der Waals surface area contributed by atoms with Crippen molar-refractivity contribution >= 4 is 44.5 Å². The molecular formula is C34H41N3O9S. The van der Waals surface area contributed by atoms with Crippen LogP contribution in [0.2, 0.25) is 0 Å². The number of alkyl carbamates (subject to hydrolysis) is 1. The van der Waals surface area contributed by atoms with E-state index >= 15 is 0 Å². The van der Waals surface area contributed by atoms with Gasteiger partial charge < -0.3 is 29.6 Å². The van der Waals surface area contributed by atoms with Gasteiger partial charge in [-0.1, -0.05) is 62.4 Å². The largest absolute Gasteiger partial charge is 0.491 e. The molecule has 1 aromatic heterocycles. The molecule has 0 spiro atoms. The fourth-order valence-electron chi connectivity index (χ4n) is 5.05. The number of rotatable bonds is 12. The molecule has 0 bridgehead atoms. The highest BCUT2D eigenvalue weighted by molar-refractivity contribution is 7.91. The lowest BCUT2D eigenvalue weighted by atomic mass is 9.96. The molecule has 1 aliphatic rings. The van der Waals surface area contributed by atoms with E-state index in [1.807, 2.05) is 30.3 Å². The zero-order chi connectivity index (χ0) is 34.6. The fraction of sp³-hybridized carbons (Fsp3) is 0.382. The Balaban J connectivity index is 1.61. The van der Waals surface area contributed by atoms with Crippen LogP contribution in [0.4, 0.5) is 4.79 Å². The van der Waals surface area contributed by atoms with Gasteiger partial charge in [-0.2, -0.15) is 4.72 Å². The van der Waals surface area contributed by atoms with Crippen LogP contribution in [0, 0.1) is 12.8 Å². The van der Waals surface area contributed by atoms with Gasteiger partial charge in [-0.15, -0.1) is 0 Å². The highest BCUT2D eigenvalue weighted by Gasteiger charge is 2.46. The predicted molar refractivity (Wildman–Crippen MR) is 177 cm³/mol. The van der Waals surface area contributed by atoms with E-state index in [2.05, 4.69) is 15.4 Å². The first-order valence-corrected chi connectivity index (χ1v) is 16.7. The summed E-state index contributed by atoms with van der Waals surface area (Å²) >= 11 is 0. The monoisotopic (exact) mass is 667 g/mol. The maximum absolute atomic E-state index is 14.0. The molecule has 12 nitrogen and oxygen atoms in total. The van der Waals surface area contributed by atoms with Crippen LogP contribution in [0.1, 0.15) is 62.7 Å². The molecule has 3 aromatic rings. The second kappa shape index (κ2) is 14.0. The average Bonchev–Trinajstić information content (AvgIpc) is 3.34. The maximum Gasteiger partial charge on any atom is 0.407 e. The molecule has 0 radical (unpaired) electrons. The third kappa shape index (κ3) is 8.22. The van der Waals surface area contributed by atoms with Gasteiger partial charge in [0.1, 0.15) is 29.6 Å². The number of allylic oxidation sites excluding steroid dienone is 2. The van der Waals surface area contributed by atoms with Crippen molar-refractivity contribution in [3.05, 3.63) is 83.6 Å². The van der Waals surface area contributed by atoms with Crippen molar-refractivity contribution in [1.29, 1.82) is 0 Å². The second-order valence-corrected chi connectivity index (χ2v) is 14.5. The van der Waals surface area contributed by atoms with Crippen LogP contribution < -0.4 is 20.1 Å². The number of nitrogens with one attached hydrogen (secondary N) is 3. The Morgan fingerprint density at radius 3 is 2.36 bits per heavy atom. The minimum absolute atomic E-state index is 0.0962. The Labute approximate surface area is 274 Å². The van der Waals surface area contributed by atoms with Crippen LogP contribution >= 0.6 is 0 Å². The van der Waals surface area contributed by atoms with Crippen LogP contribution in [-0.2, 0) is 19.6 Å². The first-order valence-electron chi connectivity index (χ1n) is 15.2. The van der Waals surface area contributed by atoms with Gasteiger partial charge in [0, 0.05) is 12.0 Å². The minimum atomic E-state index is -4.53. The topological polar surface area (TPSA) is 173 Å². The number of furan rings is 1. The van der Waals surface area contributed by atoms with E-state index in [0.717, 1.165) is 11.1 Å². The van der Waals surface area contributed by atoms with Gasteiger partial charge >= 0.3 is 12.1 Å². The van der Waals surface area contributed by atoms with E-state index in [0.29, 0.717) is 22.3 Å². The maximum atomic E-state index is 14.0. The van der Waals surface area contributed by atoms with Crippen molar-refractivity contribution in [3.63, 3.8) is 0 Å². The molecule has 4 rings (SSSR count). The summed E-state index contributed by atoms with van der Waals surface area (Å²) in [5, 5.41) is 15.5. The molecule has 1 heterocycles. The molecule has 0 aliphatic heterocycles. The molecular weight excluding hydrogens is 626 g/mol. The molecule has 4 N–H and O–H groups in total. The van der Waals surface area contributed by atoms with E-state index in [1.165, 1.54) is 6.08 Å². The number of fused-ring (bicyclic) bond motifs is 1. The zero-order valence-corrected chi connectivity index (χ0v) is 28.1. The van der Waals surface area contributed by atoms with Crippen LogP contribution in [-0.4, -0.2) is 61.2 Å². The fourth-order valence-corrected chi connectivity index (χ4v) is 6.74. The number of benzene rings is 2. The highest BCUT2D eigenvalue weighted by Crippen LogP contribution is 2.35. The smallest absolute Gasteiger partial charge is 0.407 e. The molecule has 2 atom stereocenters. The normalized spacial score (nSPS) is 17.2. The Morgan fingerprint density at radius 1 is 1.06 bits per heavy atom. The standard InChI is InChI=1S/C34H41N3O9S/c1-21(2)28(31(39)40)37-47(42,43)34(17-15-24(16-18-34)23-11-8-7-9-12-23)36-30(38)29-22(3)27-25(13-10-14-26(27)45-29)44-20-19-35-32(41)46-33(4,5)6/h7-17,21,28,37H,18-20H2,1-6H3,(H,35,41)(H,36,38)(H,39,40)/t28-,34?/m0/s1. The number of aryl methyl sites for hydroxylation is 1.